The molecule has 0 spiro atoms. The molecule has 0 aromatic heterocycles. The average molecular weight is 345 g/mol. The van der Waals surface area contributed by atoms with Gasteiger partial charge in [0.1, 0.15) is 6.61 Å². The zero-order valence-corrected chi connectivity index (χ0v) is 15.5. The molecular formula is C19H27N3O3. The Labute approximate surface area is 149 Å². The molecule has 6 heteroatoms. The molecule has 0 unspecified atom stereocenters. The monoisotopic (exact) mass is 345 g/mol. The number of rotatable bonds is 6. The minimum Gasteiger partial charge on any atom is -0.369 e. The lowest BCUT2D eigenvalue weighted by molar-refractivity contribution is -0.161. The van der Waals surface area contributed by atoms with Gasteiger partial charge in [0.05, 0.1) is 29.9 Å². The minimum atomic E-state index is -0.306. The summed E-state index contributed by atoms with van der Waals surface area (Å²) in [6.07, 6.45) is -0.104. The SMILES string of the molecule is CN(C)C(=O)COC[C@H]1CN(Cc2ccccc2C#N)CC(C)(C)O1. The van der Waals surface area contributed by atoms with Crippen molar-refractivity contribution in [2.45, 2.75) is 32.1 Å². The van der Waals surface area contributed by atoms with Crippen LogP contribution < -0.4 is 0 Å². The molecule has 2 rings (SSSR count). The largest absolute Gasteiger partial charge is 0.369 e. The van der Waals surface area contributed by atoms with Gasteiger partial charge in [0.25, 0.3) is 0 Å². The van der Waals surface area contributed by atoms with Crippen LogP contribution in [0.3, 0.4) is 0 Å². The highest BCUT2D eigenvalue weighted by molar-refractivity contribution is 5.76. The highest BCUT2D eigenvalue weighted by Crippen LogP contribution is 2.23. The first-order chi connectivity index (χ1) is 11.8. The quantitative estimate of drug-likeness (QED) is 0.784. The zero-order chi connectivity index (χ0) is 18.4. The number of hydrogen-bond donors (Lipinski definition) is 0. The van der Waals surface area contributed by atoms with Gasteiger partial charge in [0.2, 0.25) is 5.91 Å². The van der Waals surface area contributed by atoms with Crippen molar-refractivity contribution >= 4 is 5.91 Å². The van der Waals surface area contributed by atoms with Crippen molar-refractivity contribution < 1.29 is 14.3 Å². The molecule has 1 atom stereocenters. The molecule has 0 N–H and O–H groups in total. The van der Waals surface area contributed by atoms with Crippen molar-refractivity contribution in [3.63, 3.8) is 0 Å². The second-order valence-corrected chi connectivity index (χ2v) is 7.24. The summed E-state index contributed by atoms with van der Waals surface area (Å²) in [7, 11) is 3.42. The number of nitrogens with zero attached hydrogens (tertiary/aromatic N) is 3. The van der Waals surface area contributed by atoms with Gasteiger partial charge in [-0.3, -0.25) is 9.69 Å². The van der Waals surface area contributed by atoms with Crippen molar-refractivity contribution in [3.8, 4) is 6.07 Å². The van der Waals surface area contributed by atoms with Crippen LogP contribution in [0.25, 0.3) is 0 Å². The van der Waals surface area contributed by atoms with E-state index < -0.39 is 0 Å². The summed E-state index contributed by atoms with van der Waals surface area (Å²) < 4.78 is 11.6. The number of carbonyl (C=O) groups is 1. The minimum absolute atomic E-state index is 0.0601. The van der Waals surface area contributed by atoms with Gasteiger partial charge in [0.15, 0.2) is 0 Å². The van der Waals surface area contributed by atoms with Gasteiger partial charge in [-0.05, 0) is 25.5 Å². The third kappa shape index (κ3) is 5.82. The molecule has 1 aromatic carbocycles. The maximum absolute atomic E-state index is 11.6. The van der Waals surface area contributed by atoms with E-state index in [1.165, 1.54) is 4.90 Å². The topological polar surface area (TPSA) is 65.8 Å². The Kier molecular flexibility index (Phi) is 6.54. The van der Waals surface area contributed by atoms with Crippen LogP contribution in [-0.2, 0) is 20.8 Å². The number of ether oxygens (including phenoxy) is 2. The van der Waals surface area contributed by atoms with Crippen molar-refractivity contribution in [2.24, 2.45) is 0 Å². The number of carbonyl (C=O) groups excluding carboxylic acids is 1. The highest BCUT2D eigenvalue weighted by Gasteiger charge is 2.33. The number of morpholine rings is 1. The van der Waals surface area contributed by atoms with E-state index in [9.17, 15) is 10.1 Å². The van der Waals surface area contributed by atoms with Gasteiger partial charge in [-0.1, -0.05) is 18.2 Å². The third-order valence-corrected chi connectivity index (χ3v) is 4.11. The lowest BCUT2D eigenvalue weighted by Gasteiger charge is -2.42. The molecule has 6 nitrogen and oxygen atoms in total. The summed E-state index contributed by atoms with van der Waals surface area (Å²) in [6, 6.07) is 9.91. The first kappa shape index (κ1) is 19.4. The molecule has 1 aliphatic heterocycles. The summed E-state index contributed by atoms with van der Waals surface area (Å²) in [4.78, 5) is 15.4. The van der Waals surface area contributed by atoms with Crippen LogP contribution in [0, 0.1) is 11.3 Å². The summed E-state index contributed by atoms with van der Waals surface area (Å²) in [6.45, 7) is 6.72. The molecular weight excluding hydrogens is 318 g/mol. The lowest BCUT2D eigenvalue weighted by Crippen LogP contribution is -2.53. The molecule has 1 heterocycles. The standard InChI is InChI=1S/C19H27N3O3/c1-19(2)14-22(10-16-8-6-5-7-15(16)9-20)11-17(25-19)12-24-13-18(23)21(3)4/h5-8,17H,10-14H2,1-4H3/t17-/m1/s1. The van der Waals surface area contributed by atoms with E-state index in [-0.39, 0.29) is 24.2 Å². The number of likely N-dealkylation sites (N-methyl/N-ethyl adjacent to an activating group) is 1. The third-order valence-electron chi connectivity index (χ3n) is 4.11. The van der Waals surface area contributed by atoms with Crippen LogP contribution in [0.4, 0.5) is 0 Å². The second-order valence-electron chi connectivity index (χ2n) is 7.24. The number of nitriles is 1. The molecule has 1 aliphatic rings. The molecule has 1 fully saturated rings. The molecule has 1 saturated heterocycles. The normalized spacial score (nSPS) is 20.0. The summed E-state index contributed by atoms with van der Waals surface area (Å²) >= 11 is 0. The Balaban J connectivity index is 1.96. The molecule has 0 saturated carbocycles. The molecule has 1 amide bonds. The Bertz CT molecular complexity index is 637. The molecule has 136 valence electrons. The van der Waals surface area contributed by atoms with Crippen molar-refractivity contribution in [1.82, 2.24) is 9.80 Å². The average Bonchev–Trinajstić information content (AvgIpc) is 2.53. The molecule has 0 bridgehead atoms. The predicted molar refractivity (Wildman–Crippen MR) is 94.9 cm³/mol. The van der Waals surface area contributed by atoms with Gasteiger partial charge < -0.3 is 14.4 Å². The second kappa shape index (κ2) is 8.43. The van der Waals surface area contributed by atoms with Gasteiger partial charge in [-0.2, -0.15) is 5.26 Å². The number of hydrogen-bond acceptors (Lipinski definition) is 5. The zero-order valence-electron chi connectivity index (χ0n) is 15.5. The van der Waals surface area contributed by atoms with Crippen LogP contribution in [0.5, 0.6) is 0 Å². The van der Waals surface area contributed by atoms with E-state index >= 15 is 0 Å². The van der Waals surface area contributed by atoms with Gasteiger partial charge in [0, 0.05) is 33.7 Å². The maximum Gasteiger partial charge on any atom is 0.248 e. The van der Waals surface area contributed by atoms with Crippen molar-refractivity contribution in [2.75, 3.05) is 40.4 Å². The lowest BCUT2D eigenvalue weighted by atomic mass is 10.0. The molecule has 0 aliphatic carbocycles. The van der Waals surface area contributed by atoms with Crippen molar-refractivity contribution in [3.05, 3.63) is 35.4 Å². The van der Waals surface area contributed by atoms with E-state index in [1.54, 1.807) is 14.1 Å². The van der Waals surface area contributed by atoms with E-state index in [0.29, 0.717) is 25.3 Å². The van der Waals surface area contributed by atoms with Crippen LogP contribution in [0.2, 0.25) is 0 Å². The molecule has 25 heavy (non-hydrogen) atoms. The first-order valence-electron chi connectivity index (χ1n) is 8.47. The number of benzene rings is 1. The highest BCUT2D eigenvalue weighted by atomic mass is 16.5. The molecule has 1 aromatic rings. The fourth-order valence-corrected chi connectivity index (χ4v) is 3.04. The maximum atomic E-state index is 11.6. The first-order valence-corrected chi connectivity index (χ1v) is 8.47. The Morgan fingerprint density at radius 1 is 1.44 bits per heavy atom. The number of amides is 1. The van der Waals surface area contributed by atoms with E-state index in [1.807, 2.05) is 38.1 Å². The summed E-state index contributed by atoms with van der Waals surface area (Å²) in [5, 5.41) is 9.27. The van der Waals surface area contributed by atoms with E-state index in [0.717, 1.165) is 12.1 Å². The van der Waals surface area contributed by atoms with E-state index in [2.05, 4.69) is 11.0 Å². The summed E-state index contributed by atoms with van der Waals surface area (Å²) in [5.74, 6) is -0.0603. The van der Waals surface area contributed by atoms with Crippen LogP contribution in [0.1, 0.15) is 25.0 Å². The smallest absolute Gasteiger partial charge is 0.248 e. The Morgan fingerprint density at radius 3 is 2.84 bits per heavy atom. The summed E-state index contributed by atoms with van der Waals surface area (Å²) in [5.41, 5.74) is 1.42. The fraction of sp³-hybridized carbons (Fsp3) is 0.579. The van der Waals surface area contributed by atoms with Gasteiger partial charge in [-0.25, -0.2) is 0 Å². The van der Waals surface area contributed by atoms with Crippen LogP contribution in [-0.4, -0.2) is 67.8 Å². The van der Waals surface area contributed by atoms with Crippen LogP contribution in [0.15, 0.2) is 24.3 Å². The predicted octanol–water partition coefficient (Wildman–Crippen LogP) is 1.64. The van der Waals surface area contributed by atoms with Crippen molar-refractivity contribution in [1.29, 1.82) is 5.26 Å². The molecule has 0 radical (unpaired) electrons. The van der Waals surface area contributed by atoms with Gasteiger partial charge >= 0.3 is 0 Å². The fourth-order valence-electron chi connectivity index (χ4n) is 3.04. The van der Waals surface area contributed by atoms with Gasteiger partial charge in [-0.15, -0.1) is 0 Å². The van der Waals surface area contributed by atoms with E-state index in [4.69, 9.17) is 9.47 Å². The Morgan fingerprint density at radius 2 is 2.16 bits per heavy atom. The Hall–Kier alpha value is -1.94. The van der Waals surface area contributed by atoms with Crippen LogP contribution >= 0.6 is 0 Å².